The van der Waals surface area contributed by atoms with Crippen LogP contribution in [0.1, 0.15) is 20.3 Å². The zero-order valence-corrected chi connectivity index (χ0v) is 9.45. The summed E-state index contributed by atoms with van der Waals surface area (Å²) in [7, 11) is 4.18. The zero-order chi connectivity index (χ0) is 10.3. The van der Waals surface area contributed by atoms with Gasteiger partial charge >= 0.3 is 0 Å². The summed E-state index contributed by atoms with van der Waals surface area (Å²) in [5, 5.41) is 8.84. The zero-order valence-electron chi connectivity index (χ0n) is 9.45. The van der Waals surface area contributed by atoms with E-state index in [0.29, 0.717) is 6.04 Å². The number of aliphatic hydroxyl groups is 1. The number of aliphatic hydroxyl groups excluding tert-OH is 1. The lowest BCUT2D eigenvalue weighted by molar-refractivity contribution is 0.160. The first-order valence-electron chi connectivity index (χ1n) is 5.07. The smallest absolute Gasteiger partial charge is 0.0558 e. The molecular weight excluding hydrogens is 164 g/mol. The Hall–Kier alpha value is -0.120. The van der Waals surface area contributed by atoms with E-state index >= 15 is 0 Å². The van der Waals surface area contributed by atoms with Crippen LogP contribution in [0.4, 0.5) is 0 Å². The van der Waals surface area contributed by atoms with Crippen LogP contribution in [0.3, 0.4) is 0 Å². The van der Waals surface area contributed by atoms with E-state index in [1.54, 1.807) is 0 Å². The first-order chi connectivity index (χ1) is 6.07. The minimum atomic E-state index is 0.264. The van der Waals surface area contributed by atoms with E-state index < -0.39 is 0 Å². The molecule has 0 aromatic heterocycles. The summed E-state index contributed by atoms with van der Waals surface area (Å²) in [6, 6.07) is 0.536. The molecule has 0 aliphatic rings. The lowest BCUT2D eigenvalue weighted by Crippen LogP contribution is -2.35. The lowest BCUT2D eigenvalue weighted by atomic mass is 10.3. The highest BCUT2D eigenvalue weighted by atomic mass is 16.3. The Bertz CT molecular complexity index is 115. The van der Waals surface area contributed by atoms with Crippen LogP contribution in [-0.2, 0) is 0 Å². The molecule has 1 N–H and O–H groups in total. The van der Waals surface area contributed by atoms with Gasteiger partial charge in [0, 0.05) is 12.6 Å². The van der Waals surface area contributed by atoms with Crippen LogP contribution in [0.5, 0.6) is 0 Å². The second-order valence-electron chi connectivity index (χ2n) is 4.01. The number of nitrogens with zero attached hydrogens (tertiary/aromatic N) is 2. The molecule has 0 unspecified atom stereocenters. The van der Waals surface area contributed by atoms with E-state index in [-0.39, 0.29) is 6.61 Å². The fourth-order valence-corrected chi connectivity index (χ4v) is 1.35. The molecule has 0 saturated carbocycles. The first-order valence-corrected chi connectivity index (χ1v) is 5.07. The van der Waals surface area contributed by atoms with Crippen LogP contribution in [-0.4, -0.2) is 61.3 Å². The third-order valence-electron chi connectivity index (χ3n) is 2.17. The molecule has 0 bridgehead atoms. The molecule has 0 aromatic carbocycles. The molecule has 0 heterocycles. The Morgan fingerprint density at radius 2 is 1.69 bits per heavy atom. The summed E-state index contributed by atoms with van der Waals surface area (Å²) < 4.78 is 0. The minimum Gasteiger partial charge on any atom is -0.395 e. The number of hydrogen-bond acceptors (Lipinski definition) is 3. The predicted octanol–water partition coefficient (Wildman–Crippen LogP) is 0.641. The maximum absolute atomic E-state index is 8.84. The second kappa shape index (κ2) is 7.30. The summed E-state index contributed by atoms with van der Waals surface area (Å²) in [5.74, 6) is 0. The molecule has 0 aromatic rings. The molecule has 0 aliphatic heterocycles. The average Bonchev–Trinajstić information content (AvgIpc) is 2.02. The molecule has 0 atom stereocenters. The van der Waals surface area contributed by atoms with E-state index in [4.69, 9.17) is 5.11 Å². The van der Waals surface area contributed by atoms with E-state index in [9.17, 15) is 0 Å². The van der Waals surface area contributed by atoms with E-state index in [0.717, 1.165) is 19.6 Å². The van der Waals surface area contributed by atoms with Gasteiger partial charge in [-0.3, -0.25) is 4.90 Å². The fourth-order valence-electron chi connectivity index (χ4n) is 1.35. The molecule has 0 amide bonds. The van der Waals surface area contributed by atoms with Crippen molar-refractivity contribution in [3.63, 3.8) is 0 Å². The van der Waals surface area contributed by atoms with Crippen LogP contribution < -0.4 is 0 Å². The van der Waals surface area contributed by atoms with Gasteiger partial charge in [0.1, 0.15) is 0 Å². The standard InChI is InChI=1S/C10H24N2O/c1-10(2)12(8-9-13)7-5-6-11(3)4/h10,13H,5-9H2,1-4H3. The van der Waals surface area contributed by atoms with Crippen molar-refractivity contribution in [2.24, 2.45) is 0 Å². The Labute approximate surface area is 82.3 Å². The summed E-state index contributed by atoms with van der Waals surface area (Å²) in [4.78, 5) is 4.50. The molecule has 3 nitrogen and oxygen atoms in total. The molecule has 0 fully saturated rings. The van der Waals surface area contributed by atoms with Gasteiger partial charge in [-0.2, -0.15) is 0 Å². The van der Waals surface area contributed by atoms with Crippen LogP contribution in [0.15, 0.2) is 0 Å². The summed E-state index contributed by atoms with van der Waals surface area (Å²) >= 11 is 0. The number of hydrogen-bond donors (Lipinski definition) is 1. The van der Waals surface area contributed by atoms with Crippen molar-refractivity contribution in [3.8, 4) is 0 Å². The molecule has 80 valence electrons. The molecule has 0 saturated heterocycles. The summed E-state index contributed by atoms with van der Waals surface area (Å²) in [6.45, 7) is 7.60. The molecule has 0 spiro atoms. The van der Waals surface area contributed by atoms with Gasteiger partial charge in [0.15, 0.2) is 0 Å². The topological polar surface area (TPSA) is 26.7 Å². The monoisotopic (exact) mass is 188 g/mol. The van der Waals surface area contributed by atoms with Crippen LogP contribution >= 0.6 is 0 Å². The molecule has 0 rings (SSSR count). The Balaban J connectivity index is 3.57. The first kappa shape index (κ1) is 12.9. The van der Waals surface area contributed by atoms with Gasteiger partial charge in [-0.15, -0.1) is 0 Å². The summed E-state index contributed by atoms with van der Waals surface area (Å²) in [5.41, 5.74) is 0. The summed E-state index contributed by atoms with van der Waals surface area (Å²) in [6.07, 6.45) is 1.17. The van der Waals surface area contributed by atoms with Crippen molar-refractivity contribution < 1.29 is 5.11 Å². The Kier molecular flexibility index (Phi) is 7.23. The van der Waals surface area contributed by atoms with Crippen LogP contribution in [0.25, 0.3) is 0 Å². The average molecular weight is 188 g/mol. The third kappa shape index (κ3) is 6.99. The quantitative estimate of drug-likeness (QED) is 0.635. The molecule has 3 heteroatoms. The van der Waals surface area contributed by atoms with Crippen LogP contribution in [0.2, 0.25) is 0 Å². The number of rotatable bonds is 7. The minimum absolute atomic E-state index is 0.264. The van der Waals surface area contributed by atoms with Crippen LogP contribution in [0, 0.1) is 0 Å². The van der Waals surface area contributed by atoms with Gasteiger partial charge in [0.05, 0.1) is 6.61 Å². The molecule has 13 heavy (non-hydrogen) atoms. The fraction of sp³-hybridized carbons (Fsp3) is 1.00. The van der Waals surface area contributed by atoms with Gasteiger partial charge in [0.25, 0.3) is 0 Å². The highest BCUT2D eigenvalue weighted by molar-refractivity contribution is 4.62. The molecular formula is C10H24N2O. The van der Waals surface area contributed by atoms with Gasteiger partial charge in [-0.1, -0.05) is 0 Å². The van der Waals surface area contributed by atoms with E-state index in [1.165, 1.54) is 6.42 Å². The Morgan fingerprint density at radius 3 is 2.08 bits per heavy atom. The van der Waals surface area contributed by atoms with Crippen molar-refractivity contribution in [3.05, 3.63) is 0 Å². The Morgan fingerprint density at radius 1 is 1.08 bits per heavy atom. The largest absolute Gasteiger partial charge is 0.395 e. The maximum Gasteiger partial charge on any atom is 0.0558 e. The highest BCUT2D eigenvalue weighted by Crippen LogP contribution is 1.99. The van der Waals surface area contributed by atoms with Crippen molar-refractivity contribution in [1.29, 1.82) is 0 Å². The van der Waals surface area contributed by atoms with E-state index in [2.05, 4.69) is 37.7 Å². The van der Waals surface area contributed by atoms with Gasteiger partial charge in [-0.25, -0.2) is 0 Å². The highest BCUT2D eigenvalue weighted by Gasteiger charge is 2.07. The van der Waals surface area contributed by atoms with Crippen molar-refractivity contribution in [2.75, 3.05) is 40.3 Å². The normalized spacial score (nSPS) is 12.0. The van der Waals surface area contributed by atoms with Gasteiger partial charge in [0.2, 0.25) is 0 Å². The maximum atomic E-state index is 8.84. The van der Waals surface area contributed by atoms with Crippen molar-refractivity contribution >= 4 is 0 Å². The molecule has 0 aliphatic carbocycles. The predicted molar refractivity (Wildman–Crippen MR) is 57.0 cm³/mol. The van der Waals surface area contributed by atoms with Gasteiger partial charge < -0.3 is 10.0 Å². The van der Waals surface area contributed by atoms with Crippen molar-refractivity contribution in [2.45, 2.75) is 26.3 Å². The second-order valence-corrected chi connectivity index (χ2v) is 4.01. The molecule has 0 radical (unpaired) electrons. The third-order valence-corrected chi connectivity index (χ3v) is 2.17. The lowest BCUT2D eigenvalue weighted by Gasteiger charge is -2.26. The van der Waals surface area contributed by atoms with Crippen molar-refractivity contribution in [1.82, 2.24) is 9.80 Å². The SMILES string of the molecule is CC(C)N(CCO)CCCN(C)C. The van der Waals surface area contributed by atoms with Gasteiger partial charge in [-0.05, 0) is 47.5 Å². The van der Waals surface area contributed by atoms with E-state index in [1.807, 2.05) is 0 Å².